The van der Waals surface area contributed by atoms with Gasteiger partial charge >= 0.3 is 0 Å². The predicted molar refractivity (Wildman–Crippen MR) is 253 cm³/mol. The van der Waals surface area contributed by atoms with Crippen molar-refractivity contribution in [1.82, 2.24) is 0 Å². The van der Waals surface area contributed by atoms with Crippen molar-refractivity contribution in [2.24, 2.45) is 0 Å². The zero-order valence-corrected chi connectivity index (χ0v) is 38.1. The molecule has 5 aromatic rings. The second-order valence-corrected chi connectivity index (χ2v) is 12.0. The van der Waals surface area contributed by atoms with E-state index in [2.05, 4.69) is 142 Å². The van der Waals surface area contributed by atoms with Crippen LogP contribution in [0.3, 0.4) is 0 Å². The van der Waals surface area contributed by atoms with Gasteiger partial charge in [0, 0.05) is 0 Å². The molecule has 300 valence electrons. The van der Waals surface area contributed by atoms with Crippen molar-refractivity contribution < 1.29 is 0 Å². The molecule has 0 N–H and O–H groups in total. The van der Waals surface area contributed by atoms with Crippen molar-refractivity contribution in [3.8, 4) is 11.1 Å². The van der Waals surface area contributed by atoms with Gasteiger partial charge in [-0.2, -0.15) is 0 Å². The average molecular weight is 741 g/mol. The number of hydrogen-bond donors (Lipinski definition) is 0. The van der Waals surface area contributed by atoms with Gasteiger partial charge in [0.15, 0.2) is 0 Å². The molecule has 8 rings (SSSR count). The lowest BCUT2D eigenvalue weighted by atomic mass is 9.61. The Hall–Kier alpha value is -4.16. The molecule has 0 bridgehead atoms. The molecule has 0 radical (unpaired) electrons. The molecule has 0 amide bonds. The maximum absolute atomic E-state index is 2.38. The Morgan fingerprint density at radius 1 is 0.382 bits per heavy atom. The van der Waals surface area contributed by atoms with Crippen LogP contribution in [0.5, 0.6) is 0 Å². The molecule has 3 aliphatic rings. The van der Waals surface area contributed by atoms with Crippen molar-refractivity contribution in [3.63, 3.8) is 0 Å². The van der Waals surface area contributed by atoms with Gasteiger partial charge in [0.25, 0.3) is 0 Å². The first kappa shape index (κ1) is 50.8. The molecule has 0 fully saturated rings. The van der Waals surface area contributed by atoms with E-state index in [1.165, 1.54) is 75.8 Å². The van der Waals surface area contributed by atoms with Crippen LogP contribution in [-0.4, -0.2) is 0 Å². The van der Waals surface area contributed by atoms with Gasteiger partial charge in [0.05, 0.1) is 5.41 Å². The minimum absolute atomic E-state index is 0.170. The number of fused-ring (bicyclic) bond motifs is 10. The summed E-state index contributed by atoms with van der Waals surface area (Å²) >= 11 is 0. The normalized spacial score (nSPS) is 11.8. The topological polar surface area (TPSA) is 0 Å². The van der Waals surface area contributed by atoms with E-state index in [1.807, 2.05) is 89.2 Å². The van der Waals surface area contributed by atoms with E-state index in [1.54, 1.807) is 11.1 Å². The number of unbranched alkanes of at least 4 members (excludes halogenated alkanes) is 3. The number of aryl methyl sites for hydroxylation is 1. The van der Waals surface area contributed by atoms with Crippen LogP contribution >= 0.6 is 0 Å². The second-order valence-electron chi connectivity index (χ2n) is 12.0. The summed E-state index contributed by atoms with van der Waals surface area (Å²) < 4.78 is 0. The van der Waals surface area contributed by atoms with E-state index in [0.717, 1.165) is 19.3 Å². The standard InChI is InChI=1S/C29H20.C8H10.C6H14.6C2H6/c1-3-11-21-19(9-1)18-28-24(21)17-20-10-2-6-14-25(20)29(28)26-15-7-4-12-22(26)23-13-5-8-16-27(23)29;1-2-8-6-4-3-5-7-8;1-3-5-6-4-2;6*1-2/h1-16H,17-18H2;3-7H,2H2,1H3;3-6H2,1-2H3;6*1-2H3. The van der Waals surface area contributed by atoms with E-state index in [0.29, 0.717) is 0 Å². The Morgan fingerprint density at radius 2 is 0.764 bits per heavy atom. The van der Waals surface area contributed by atoms with Crippen LogP contribution in [0.4, 0.5) is 0 Å². The summed E-state index contributed by atoms with van der Waals surface area (Å²) in [5.74, 6) is 0. The van der Waals surface area contributed by atoms with Crippen LogP contribution in [0, 0.1) is 0 Å². The zero-order valence-electron chi connectivity index (χ0n) is 38.1. The second kappa shape index (κ2) is 30.1. The first-order valence-electron chi connectivity index (χ1n) is 22.4. The molecule has 0 saturated heterocycles. The molecule has 0 saturated carbocycles. The summed E-state index contributed by atoms with van der Waals surface area (Å²) in [6.07, 6.45) is 8.76. The van der Waals surface area contributed by atoms with Crippen molar-refractivity contribution in [2.45, 2.75) is 154 Å². The highest BCUT2D eigenvalue weighted by Gasteiger charge is 2.52. The minimum Gasteiger partial charge on any atom is -0.0683 e. The molecule has 0 heteroatoms. The maximum atomic E-state index is 2.38. The molecule has 55 heavy (non-hydrogen) atoms. The Labute approximate surface area is 341 Å². The summed E-state index contributed by atoms with van der Waals surface area (Å²) in [4.78, 5) is 0. The minimum atomic E-state index is -0.170. The van der Waals surface area contributed by atoms with E-state index in [-0.39, 0.29) is 5.41 Å². The molecule has 0 aliphatic heterocycles. The molecular formula is C55H80. The molecular weight excluding hydrogens is 661 g/mol. The summed E-state index contributed by atoms with van der Waals surface area (Å²) in [7, 11) is 0. The number of allylic oxidation sites excluding steroid dienone is 2. The SMILES string of the molecule is CC.CC.CC.CC.CC.CC.CCCCCC.CCc1ccccc1.c1ccc2c(c1)CC1=C2Cc2ccccc2C12c1ccccc1-c1ccccc12. The fourth-order valence-corrected chi connectivity index (χ4v) is 7.45. The maximum Gasteiger partial charge on any atom is 0.0685 e. The van der Waals surface area contributed by atoms with E-state index in [4.69, 9.17) is 0 Å². The third kappa shape index (κ3) is 12.2. The van der Waals surface area contributed by atoms with Crippen LogP contribution in [0.2, 0.25) is 0 Å². The fourth-order valence-electron chi connectivity index (χ4n) is 7.45. The Morgan fingerprint density at radius 3 is 1.20 bits per heavy atom. The Bertz CT molecular complexity index is 1670. The summed E-state index contributed by atoms with van der Waals surface area (Å²) in [5.41, 5.74) is 15.9. The van der Waals surface area contributed by atoms with Crippen molar-refractivity contribution in [1.29, 1.82) is 0 Å². The van der Waals surface area contributed by atoms with Gasteiger partial charge in [-0.1, -0.05) is 257 Å². The van der Waals surface area contributed by atoms with Crippen LogP contribution in [-0.2, 0) is 24.7 Å². The number of hydrogen-bond acceptors (Lipinski definition) is 0. The lowest BCUT2D eigenvalue weighted by Gasteiger charge is -2.40. The largest absolute Gasteiger partial charge is 0.0685 e. The monoisotopic (exact) mass is 741 g/mol. The first-order valence-corrected chi connectivity index (χ1v) is 22.4. The van der Waals surface area contributed by atoms with Crippen LogP contribution in [0.25, 0.3) is 16.7 Å². The van der Waals surface area contributed by atoms with Crippen molar-refractivity contribution >= 4 is 5.57 Å². The van der Waals surface area contributed by atoms with Gasteiger partial charge in [-0.3, -0.25) is 0 Å². The van der Waals surface area contributed by atoms with E-state index in [9.17, 15) is 0 Å². The predicted octanol–water partition coefficient (Wildman–Crippen LogP) is 17.6. The third-order valence-electron chi connectivity index (χ3n) is 9.48. The number of benzene rings is 5. The Kier molecular flexibility index (Phi) is 27.8. The average Bonchev–Trinajstić information content (AvgIpc) is 3.82. The zero-order chi connectivity index (χ0) is 41.6. The van der Waals surface area contributed by atoms with Crippen LogP contribution < -0.4 is 0 Å². The molecule has 0 atom stereocenters. The first-order chi connectivity index (χ1) is 27.2. The quantitative estimate of drug-likeness (QED) is 0.161. The lowest BCUT2D eigenvalue weighted by Crippen LogP contribution is -2.34. The third-order valence-corrected chi connectivity index (χ3v) is 9.48. The van der Waals surface area contributed by atoms with E-state index >= 15 is 0 Å². The molecule has 0 aromatic heterocycles. The molecule has 5 aromatic carbocycles. The molecule has 1 spiro atoms. The highest BCUT2D eigenvalue weighted by Crippen LogP contribution is 2.62. The number of rotatable bonds is 4. The van der Waals surface area contributed by atoms with Crippen LogP contribution in [0.15, 0.2) is 133 Å². The van der Waals surface area contributed by atoms with Crippen molar-refractivity contribution in [2.75, 3.05) is 0 Å². The molecule has 0 unspecified atom stereocenters. The fraction of sp³-hybridized carbons (Fsp3) is 0.418. The van der Waals surface area contributed by atoms with Gasteiger partial charge in [-0.15, -0.1) is 0 Å². The lowest BCUT2D eigenvalue weighted by molar-refractivity contribution is 0.702. The van der Waals surface area contributed by atoms with Gasteiger partial charge in [-0.25, -0.2) is 0 Å². The molecule has 0 heterocycles. The van der Waals surface area contributed by atoms with Gasteiger partial charge < -0.3 is 0 Å². The highest BCUT2D eigenvalue weighted by atomic mass is 14.5. The Balaban J connectivity index is 0.000000935. The van der Waals surface area contributed by atoms with Crippen LogP contribution in [0.1, 0.15) is 168 Å². The molecule has 3 aliphatic carbocycles. The molecule has 0 nitrogen and oxygen atoms in total. The summed E-state index contributed by atoms with van der Waals surface area (Å²) in [5, 5.41) is 0. The highest BCUT2D eigenvalue weighted by molar-refractivity contribution is 5.93. The smallest absolute Gasteiger partial charge is 0.0683 e. The van der Waals surface area contributed by atoms with Gasteiger partial charge in [0.2, 0.25) is 0 Å². The summed E-state index contributed by atoms with van der Waals surface area (Å²) in [6.45, 7) is 30.6. The van der Waals surface area contributed by atoms with Gasteiger partial charge in [-0.05, 0) is 80.5 Å². The van der Waals surface area contributed by atoms with E-state index < -0.39 is 0 Å². The van der Waals surface area contributed by atoms with Gasteiger partial charge in [0.1, 0.15) is 0 Å². The summed E-state index contributed by atoms with van der Waals surface area (Å²) in [6, 6.07) is 46.8. The van der Waals surface area contributed by atoms with Crippen molar-refractivity contribution in [3.05, 3.63) is 172 Å².